The number of nitrogens with one attached hydrogen (secondary N) is 1. The normalized spacial score (nSPS) is 10.7. The summed E-state index contributed by atoms with van der Waals surface area (Å²) in [6.45, 7) is 0. The molecular formula is C22H19N3O. The first-order chi connectivity index (χ1) is 12.8. The van der Waals surface area contributed by atoms with Crippen LogP contribution in [0.3, 0.4) is 0 Å². The average molecular weight is 341 g/mol. The predicted octanol–water partition coefficient (Wildman–Crippen LogP) is 4.97. The number of rotatable bonds is 5. The van der Waals surface area contributed by atoms with Crippen molar-refractivity contribution < 1.29 is 4.74 Å². The summed E-state index contributed by atoms with van der Waals surface area (Å²) in [5, 5.41) is 5.71. The molecule has 4 heteroatoms. The van der Waals surface area contributed by atoms with Crippen LogP contribution in [0.25, 0.3) is 10.8 Å². The second-order valence-corrected chi connectivity index (χ2v) is 6.07. The first-order valence-corrected chi connectivity index (χ1v) is 8.50. The summed E-state index contributed by atoms with van der Waals surface area (Å²) in [5.41, 5.74) is 3.37. The largest absolute Gasteiger partial charge is 0.497 e. The van der Waals surface area contributed by atoms with Gasteiger partial charge in [0.1, 0.15) is 11.6 Å². The minimum atomic E-state index is 0.814. The number of benzene rings is 2. The van der Waals surface area contributed by atoms with E-state index in [0.29, 0.717) is 0 Å². The van der Waals surface area contributed by atoms with Gasteiger partial charge in [-0.2, -0.15) is 0 Å². The van der Waals surface area contributed by atoms with Gasteiger partial charge in [-0.05, 0) is 47.2 Å². The van der Waals surface area contributed by atoms with Crippen LogP contribution < -0.4 is 10.1 Å². The zero-order valence-corrected chi connectivity index (χ0v) is 14.5. The maximum Gasteiger partial charge on any atom is 0.138 e. The Morgan fingerprint density at radius 2 is 1.73 bits per heavy atom. The molecule has 26 heavy (non-hydrogen) atoms. The molecule has 4 aromatic rings. The van der Waals surface area contributed by atoms with E-state index in [2.05, 4.69) is 33.5 Å². The number of hydrogen-bond donors (Lipinski definition) is 1. The van der Waals surface area contributed by atoms with Crippen molar-refractivity contribution in [2.75, 3.05) is 12.4 Å². The molecule has 2 aromatic heterocycles. The Morgan fingerprint density at radius 1 is 0.923 bits per heavy atom. The number of hydrogen-bond acceptors (Lipinski definition) is 4. The number of fused-ring (bicyclic) bond motifs is 1. The molecule has 0 radical (unpaired) electrons. The van der Waals surface area contributed by atoms with Crippen molar-refractivity contribution in [1.29, 1.82) is 0 Å². The molecule has 0 spiro atoms. The van der Waals surface area contributed by atoms with E-state index in [4.69, 9.17) is 4.74 Å². The van der Waals surface area contributed by atoms with E-state index in [1.54, 1.807) is 7.11 Å². The fourth-order valence-corrected chi connectivity index (χ4v) is 3.05. The molecule has 128 valence electrons. The van der Waals surface area contributed by atoms with Crippen molar-refractivity contribution in [2.45, 2.75) is 6.42 Å². The fourth-order valence-electron chi connectivity index (χ4n) is 3.05. The van der Waals surface area contributed by atoms with Crippen molar-refractivity contribution in [1.82, 2.24) is 9.97 Å². The topological polar surface area (TPSA) is 47.0 Å². The summed E-state index contributed by atoms with van der Waals surface area (Å²) in [5.74, 6) is 1.65. The van der Waals surface area contributed by atoms with E-state index in [1.165, 1.54) is 16.5 Å². The lowest BCUT2D eigenvalue weighted by Gasteiger charge is -2.13. The highest BCUT2D eigenvalue weighted by atomic mass is 16.5. The van der Waals surface area contributed by atoms with Crippen LogP contribution in [0, 0.1) is 0 Å². The number of pyridine rings is 2. The van der Waals surface area contributed by atoms with Gasteiger partial charge in [0.25, 0.3) is 0 Å². The van der Waals surface area contributed by atoms with Crippen LogP contribution in [0.4, 0.5) is 11.5 Å². The minimum Gasteiger partial charge on any atom is -0.497 e. The molecule has 0 aliphatic rings. The van der Waals surface area contributed by atoms with Gasteiger partial charge < -0.3 is 10.1 Å². The lowest BCUT2D eigenvalue weighted by molar-refractivity contribution is 0.415. The van der Waals surface area contributed by atoms with E-state index in [-0.39, 0.29) is 0 Å². The Hall–Kier alpha value is -3.40. The summed E-state index contributed by atoms with van der Waals surface area (Å²) in [6.07, 6.45) is 6.42. The number of methoxy groups -OCH3 is 1. The van der Waals surface area contributed by atoms with Gasteiger partial charge in [0.2, 0.25) is 0 Å². The SMILES string of the molecule is COc1cccc(Nc2ncc(Cc3ccncc3)c3ccccc23)c1. The van der Waals surface area contributed by atoms with Gasteiger partial charge in [-0.15, -0.1) is 0 Å². The van der Waals surface area contributed by atoms with Gasteiger partial charge >= 0.3 is 0 Å². The van der Waals surface area contributed by atoms with E-state index >= 15 is 0 Å². The molecule has 0 saturated carbocycles. The zero-order valence-electron chi connectivity index (χ0n) is 14.5. The summed E-state index contributed by atoms with van der Waals surface area (Å²) < 4.78 is 5.30. The smallest absolute Gasteiger partial charge is 0.138 e. The standard InChI is InChI=1S/C22H19N3O/c1-26-19-6-4-5-18(14-19)25-22-21-8-3-2-7-20(21)17(15-24-22)13-16-9-11-23-12-10-16/h2-12,14-15H,13H2,1H3,(H,24,25). The summed E-state index contributed by atoms with van der Waals surface area (Å²) >= 11 is 0. The number of nitrogens with zero attached hydrogens (tertiary/aromatic N) is 2. The third-order valence-corrected chi connectivity index (χ3v) is 4.35. The molecular weight excluding hydrogens is 322 g/mol. The Labute approximate surface area is 152 Å². The summed E-state index contributed by atoms with van der Waals surface area (Å²) in [7, 11) is 1.67. The molecule has 0 unspecified atom stereocenters. The van der Waals surface area contributed by atoms with Crippen LogP contribution in [0.15, 0.2) is 79.3 Å². The molecule has 1 N–H and O–H groups in total. The molecule has 0 bridgehead atoms. The quantitative estimate of drug-likeness (QED) is 0.556. The third kappa shape index (κ3) is 3.35. The number of aromatic nitrogens is 2. The number of anilines is 2. The second-order valence-electron chi connectivity index (χ2n) is 6.07. The van der Waals surface area contributed by atoms with Gasteiger partial charge in [-0.3, -0.25) is 4.98 Å². The monoisotopic (exact) mass is 341 g/mol. The van der Waals surface area contributed by atoms with E-state index in [9.17, 15) is 0 Å². The average Bonchev–Trinajstić information content (AvgIpc) is 2.71. The van der Waals surface area contributed by atoms with E-state index in [1.807, 2.05) is 61.1 Å². The molecule has 2 aromatic carbocycles. The number of ether oxygens (including phenoxy) is 1. The minimum absolute atomic E-state index is 0.814. The van der Waals surface area contributed by atoms with Gasteiger partial charge in [0.05, 0.1) is 7.11 Å². The fraction of sp³-hybridized carbons (Fsp3) is 0.0909. The highest BCUT2D eigenvalue weighted by Gasteiger charge is 2.08. The van der Waals surface area contributed by atoms with Gasteiger partial charge in [0.15, 0.2) is 0 Å². The van der Waals surface area contributed by atoms with Crippen LogP contribution in [0.2, 0.25) is 0 Å². The lowest BCUT2D eigenvalue weighted by Crippen LogP contribution is -1.98. The predicted molar refractivity (Wildman–Crippen MR) is 105 cm³/mol. The van der Waals surface area contributed by atoms with Crippen LogP contribution in [-0.2, 0) is 6.42 Å². The highest BCUT2D eigenvalue weighted by Crippen LogP contribution is 2.29. The van der Waals surface area contributed by atoms with Gasteiger partial charge in [0, 0.05) is 35.7 Å². The van der Waals surface area contributed by atoms with Crippen molar-refractivity contribution >= 4 is 22.3 Å². The van der Waals surface area contributed by atoms with Crippen molar-refractivity contribution in [3.05, 3.63) is 90.4 Å². The molecule has 4 nitrogen and oxygen atoms in total. The Bertz CT molecular complexity index is 1030. The first-order valence-electron chi connectivity index (χ1n) is 8.50. The van der Waals surface area contributed by atoms with Crippen LogP contribution in [0.5, 0.6) is 5.75 Å². The molecule has 4 rings (SSSR count). The van der Waals surface area contributed by atoms with E-state index in [0.717, 1.165) is 29.1 Å². The van der Waals surface area contributed by atoms with Crippen molar-refractivity contribution in [2.24, 2.45) is 0 Å². The molecule has 0 aliphatic carbocycles. The zero-order chi connectivity index (χ0) is 17.8. The second kappa shape index (κ2) is 7.23. The van der Waals surface area contributed by atoms with Gasteiger partial charge in [-0.25, -0.2) is 4.98 Å². The maximum absolute atomic E-state index is 5.30. The summed E-state index contributed by atoms with van der Waals surface area (Å²) in [4.78, 5) is 8.77. The highest BCUT2D eigenvalue weighted by molar-refractivity contribution is 5.95. The molecule has 0 saturated heterocycles. The van der Waals surface area contributed by atoms with Crippen LogP contribution in [-0.4, -0.2) is 17.1 Å². The Morgan fingerprint density at radius 3 is 2.54 bits per heavy atom. The van der Waals surface area contributed by atoms with Crippen molar-refractivity contribution in [3.8, 4) is 5.75 Å². The maximum atomic E-state index is 5.30. The Balaban J connectivity index is 1.72. The third-order valence-electron chi connectivity index (χ3n) is 4.35. The summed E-state index contributed by atoms with van der Waals surface area (Å²) in [6, 6.07) is 20.3. The van der Waals surface area contributed by atoms with Gasteiger partial charge in [-0.1, -0.05) is 30.3 Å². The molecule has 2 heterocycles. The van der Waals surface area contributed by atoms with E-state index < -0.39 is 0 Å². The lowest BCUT2D eigenvalue weighted by atomic mass is 10.0. The van der Waals surface area contributed by atoms with Crippen LogP contribution in [0.1, 0.15) is 11.1 Å². The van der Waals surface area contributed by atoms with Crippen molar-refractivity contribution in [3.63, 3.8) is 0 Å². The molecule has 0 aliphatic heterocycles. The molecule has 0 amide bonds. The molecule has 0 fully saturated rings. The first kappa shape index (κ1) is 16.1. The molecule has 0 atom stereocenters. The van der Waals surface area contributed by atoms with Crippen LogP contribution >= 0.6 is 0 Å². The Kier molecular flexibility index (Phi) is 4.48.